The number of benzene rings is 2. The van der Waals surface area contributed by atoms with Crippen LogP contribution in [-0.4, -0.2) is 34.1 Å². The van der Waals surface area contributed by atoms with Gasteiger partial charge in [-0.15, -0.1) is 0 Å². The summed E-state index contributed by atoms with van der Waals surface area (Å²) in [7, 11) is 0. The second-order valence-electron chi connectivity index (χ2n) is 6.42. The standard InChI is InChI=1S/C21H27N3/c1-5-23(6-2)13-14-24-20-10-8-7-9-19(20)22-21(24)18-12-11-16(3)15-17(18)4/h7-12,15H,5-6,13-14H2,1-4H3. The molecule has 0 spiro atoms. The van der Waals surface area contributed by atoms with E-state index in [9.17, 15) is 0 Å². The number of imidazole rings is 1. The molecule has 3 rings (SSSR count). The Kier molecular flexibility index (Phi) is 5.00. The van der Waals surface area contributed by atoms with Gasteiger partial charge in [0.1, 0.15) is 5.82 Å². The van der Waals surface area contributed by atoms with E-state index < -0.39 is 0 Å². The van der Waals surface area contributed by atoms with Crippen LogP contribution >= 0.6 is 0 Å². The number of aromatic nitrogens is 2. The molecule has 0 N–H and O–H groups in total. The van der Waals surface area contributed by atoms with Crippen molar-refractivity contribution in [3.63, 3.8) is 0 Å². The highest BCUT2D eigenvalue weighted by molar-refractivity contribution is 5.81. The Bertz CT molecular complexity index is 828. The van der Waals surface area contributed by atoms with Gasteiger partial charge in [-0.2, -0.15) is 0 Å². The fourth-order valence-electron chi connectivity index (χ4n) is 3.35. The van der Waals surface area contributed by atoms with Crippen LogP contribution in [0.5, 0.6) is 0 Å². The molecule has 3 heteroatoms. The maximum absolute atomic E-state index is 4.95. The first-order valence-electron chi connectivity index (χ1n) is 8.89. The molecule has 0 fully saturated rings. The minimum Gasteiger partial charge on any atom is -0.323 e. The van der Waals surface area contributed by atoms with E-state index in [4.69, 9.17) is 4.98 Å². The largest absolute Gasteiger partial charge is 0.323 e. The molecule has 0 saturated carbocycles. The van der Waals surface area contributed by atoms with Crippen molar-refractivity contribution in [1.29, 1.82) is 0 Å². The summed E-state index contributed by atoms with van der Waals surface area (Å²) >= 11 is 0. The maximum atomic E-state index is 4.95. The minimum absolute atomic E-state index is 0.963. The second kappa shape index (κ2) is 7.18. The monoisotopic (exact) mass is 321 g/mol. The second-order valence-corrected chi connectivity index (χ2v) is 6.42. The molecule has 3 aromatic rings. The first kappa shape index (κ1) is 16.7. The van der Waals surface area contributed by atoms with E-state index in [1.165, 1.54) is 22.2 Å². The van der Waals surface area contributed by atoms with Crippen molar-refractivity contribution in [3.8, 4) is 11.4 Å². The Balaban J connectivity index is 2.08. The highest BCUT2D eigenvalue weighted by atomic mass is 15.2. The van der Waals surface area contributed by atoms with Gasteiger partial charge in [0.25, 0.3) is 0 Å². The summed E-state index contributed by atoms with van der Waals surface area (Å²) < 4.78 is 2.38. The molecule has 0 aliphatic carbocycles. The average molecular weight is 321 g/mol. The van der Waals surface area contributed by atoms with Crippen LogP contribution in [0.4, 0.5) is 0 Å². The normalized spacial score (nSPS) is 11.5. The van der Waals surface area contributed by atoms with Gasteiger partial charge >= 0.3 is 0 Å². The Morgan fingerprint density at radius 1 is 1.00 bits per heavy atom. The number of hydrogen-bond acceptors (Lipinski definition) is 2. The molecule has 126 valence electrons. The molecule has 0 atom stereocenters. The smallest absolute Gasteiger partial charge is 0.141 e. The summed E-state index contributed by atoms with van der Waals surface area (Å²) in [5.74, 6) is 1.08. The van der Waals surface area contributed by atoms with Crippen LogP contribution in [0.2, 0.25) is 0 Å². The number of hydrogen-bond donors (Lipinski definition) is 0. The van der Waals surface area contributed by atoms with Crippen molar-refractivity contribution >= 4 is 11.0 Å². The lowest BCUT2D eigenvalue weighted by Crippen LogP contribution is -2.27. The van der Waals surface area contributed by atoms with Gasteiger partial charge in [0.05, 0.1) is 11.0 Å². The minimum atomic E-state index is 0.963. The summed E-state index contributed by atoms with van der Waals surface area (Å²) in [5, 5.41) is 0. The summed E-state index contributed by atoms with van der Waals surface area (Å²) in [6.07, 6.45) is 0. The third-order valence-corrected chi connectivity index (χ3v) is 4.81. The Morgan fingerprint density at radius 2 is 1.75 bits per heavy atom. The van der Waals surface area contributed by atoms with Gasteiger partial charge in [-0.25, -0.2) is 4.98 Å². The zero-order valence-electron chi connectivity index (χ0n) is 15.2. The van der Waals surface area contributed by atoms with Crippen LogP contribution in [0.25, 0.3) is 22.4 Å². The van der Waals surface area contributed by atoms with Gasteiger partial charge in [0.2, 0.25) is 0 Å². The molecule has 0 bridgehead atoms. The van der Waals surface area contributed by atoms with Gasteiger partial charge < -0.3 is 9.47 Å². The summed E-state index contributed by atoms with van der Waals surface area (Å²) in [6, 6.07) is 15.1. The SMILES string of the molecule is CCN(CC)CCn1c(-c2ccc(C)cc2C)nc2ccccc21. The predicted molar refractivity (Wildman–Crippen MR) is 102 cm³/mol. The molecule has 2 aromatic carbocycles. The van der Waals surface area contributed by atoms with Crippen molar-refractivity contribution < 1.29 is 0 Å². The average Bonchev–Trinajstić information content (AvgIpc) is 2.94. The molecule has 1 heterocycles. The van der Waals surface area contributed by atoms with Gasteiger partial charge in [-0.3, -0.25) is 0 Å². The quantitative estimate of drug-likeness (QED) is 0.658. The molecule has 0 amide bonds. The van der Waals surface area contributed by atoms with E-state index in [1.807, 2.05) is 0 Å². The van der Waals surface area contributed by atoms with Crippen LogP contribution in [0.1, 0.15) is 25.0 Å². The summed E-state index contributed by atoms with van der Waals surface area (Å²) in [4.78, 5) is 7.41. The Hall–Kier alpha value is -2.13. The molecule has 3 nitrogen and oxygen atoms in total. The highest BCUT2D eigenvalue weighted by Gasteiger charge is 2.14. The van der Waals surface area contributed by atoms with Gasteiger partial charge in [-0.05, 0) is 44.6 Å². The van der Waals surface area contributed by atoms with Crippen molar-refractivity contribution in [2.75, 3.05) is 19.6 Å². The van der Waals surface area contributed by atoms with Gasteiger partial charge in [0.15, 0.2) is 0 Å². The fraction of sp³-hybridized carbons (Fsp3) is 0.381. The zero-order chi connectivity index (χ0) is 17.1. The predicted octanol–water partition coefficient (Wildman–Crippen LogP) is 4.66. The van der Waals surface area contributed by atoms with E-state index >= 15 is 0 Å². The summed E-state index contributed by atoms with van der Waals surface area (Å²) in [6.45, 7) is 12.9. The Labute approximate surface area is 144 Å². The first-order chi connectivity index (χ1) is 11.6. The lowest BCUT2D eigenvalue weighted by atomic mass is 10.1. The van der Waals surface area contributed by atoms with Crippen LogP contribution < -0.4 is 0 Å². The van der Waals surface area contributed by atoms with E-state index in [1.54, 1.807) is 0 Å². The van der Waals surface area contributed by atoms with Crippen molar-refractivity contribution in [2.24, 2.45) is 0 Å². The molecule has 0 aliphatic heterocycles. The third-order valence-electron chi connectivity index (χ3n) is 4.81. The van der Waals surface area contributed by atoms with Gasteiger partial charge in [-0.1, -0.05) is 49.7 Å². The lowest BCUT2D eigenvalue weighted by molar-refractivity contribution is 0.292. The fourth-order valence-corrected chi connectivity index (χ4v) is 3.35. The van der Waals surface area contributed by atoms with Crippen LogP contribution in [0.3, 0.4) is 0 Å². The molecular weight excluding hydrogens is 294 g/mol. The Morgan fingerprint density at radius 3 is 2.46 bits per heavy atom. The molecular formula is C21H27N3. The topological polar surface area (TPSA) is 21.1 Å². The summed E-state index contributed by atoms with van der Waals surface area (Å²) in [5.41, 5.74) is 6.11. The van der Waals surface area contributed by atoms with E-state index in [0.717, 1.165) is 37.5 Å². The first-order valence-corrected chi connectivity index (χ1v) is 8.89. The molecule has 0 saturated heterocycles. The maximum Gasteiger partial charge on any atom is 0.141 e. The number of para-hydroxylation sites is 2. The molecule has 0 aliphatic rings. The van der Waals surface area contributed by atoms with E-state index in [0.29, 0.717) is 0 Å². The lowest BCUT2D eigenvalue weighted by Gasteiger charge is -2.19. The molecule has 0 radical (unpaired) electrons. The highest BCUT2D eigenvalue weighted by Crippen LogP contribution is 2.27. The van der Waals surface area contributed by atoms with Crippen LogP contribution in [-0.2, 0) is 6.54 Å². The number of likely N-dealkylation sites (N-methyl/N-ethyl adjacent to an activating group) is 1. The third kappa shape index (κ3) is 3.22. The molecule has 1 aromatic heterocycles. The number of rotatable bonds is 6. The van der Waals surface area contributed by atoms with Crippen LogP contribution in [0.15, 0.2) is 42.5 Å². The van der Waals surface area contributed by atoms with E-state index in [2.05, 4.69) is 79.6 Å². The van der Waals surface area contributed by atoms with Gasteiger partial charge in [0, 0.05) is 18.7 Å². The van der Waals surface area contributed by atoms with Crippen molar-refractivity contribution in [1.82, 2.24) is 14.5 Å². The van der Waals surface area contributed by atoms with Crippen LogP contribution in [0, 0.1) is 13.8 Å². The van der Waals surface area contributed by atoms with E-state index in [-0.39, 0.29) is 0 Å². The number of fused-ring (bicyclic) bond motifs is 1. The number of nitrogens with zero attached hydrogens (tertiary/aromatic N) is 3. The van der Waals surface area contributed by atoms with Crippen molar-refractivity contribution in [2.45, 2.75) is 34.2 Å². The molecule has 0 unspecified atom stereocenters. The molecule has 24 heavy (non-hydrogen) atoms. The van der Waals surface area contributed by atoms with Crippen molar-refractivity contribution in [3.05, 3.63) is 53.6 Å². The zero-order valence-corrected chi connectivity index (χ0v) is 15.2. The number of aryl methyl sites for hydroxylation is 2.